The molecule has 31 heavy (non-hydrogen) atoms. The smallest absolute Gasteiger partial charge is 0.122 e. The molecule has 5 nitrogen and oxygen atoms in total. The highest BCUT2D eigenvalue weighted by atomic mass is 16.5. The normalized spacial score (nSPS) is 23.2. The van der Waals surface area contributed by atoms with Gasteiger partial charge < -0.3 is 9.47 Å². The Morgan fingerprint density at radius 1 is 1.06 bits per heavy atom. The number of aromatic nitrogens is 2. The zero-order valence-corrected chi connectivity index (χ0v) is 18.4. The first-order valence-electron chi connectivity index (χ1n) is 11.4. The van der Waals surface area contributed by atoms with Gasteiger partial charge in [0.15, 0.2) is 0 Å². The number of rotatable bonds is 6. The predicted molar refractivity (Wildman–Crippen MR) is 122 cm³/mol. The van der Waals surface area contributed by atoms with Crippen molar-refractivity contribution in [2.75, 3.05) is 20.2 Å². The van der Waals surface area contributed by atoms with Crippen molar-refractivity contribution in [3.8, 4) is 17.0 Å². The minimum atomic E-state index is 0.132. The second-order valence-electron chi connectivity index (χ2n) is 8.65. The maximum atomic E-state index is 6.68. The molecule has 1 saturated heterocycles. The van der Waals surface area contributed by atoms with E-state index in [-0.39, 0.29) is 12.2 Å². The summed E-state index contributed by atoms with van der Waals surface area (Å²) in [5.41, 5.74) is 4.88. The van der Waals surface area contributed by atoms with Crippen molar-refractivity contribution in [2.45, 2.75) is 51.0 Å². The van der Waals surface area contributed by atoms with E-state index in [0.717, 1.165) is 55.9 Å². The van der Waals surface area contributed by atoms with Crippen LogP contribution in [0.15, 0.2) is 60.8 Å². The van der Waals surface area contributed by atoms with E-state index in [9.17, 15) is 0 Å². The van der Waals surface area contributed by atoms with Crippen LogP contribution < -0.4 is 4.74 Å². The quantitative estimate of drug-likeness (QED) is 0.603. The Hall–Kier alpha value is -2.63. The molecule has 162 valence electrons. The molecule has 2 aromatic carbocycles. The second-order valence-corrected chi connectivity index (χ2v) is 8.65. The molecular weight excluding hydrogens is 386 g/mol. The Bertz CT molecular complexity index is 1020. The number of nitrogens with zero attached hydrogens (tertiary/aromatic N) is 3. The lowest BCUT2D eigenvalue weighted by molar-refractivity contribution is -0.128. The van der Waals surface area contributed by atoms with Crippen molar-refractivity contribution >= 4 is 0 Å². The minimum absolute atomic E-state index is 0.132. The molecule has 5 rings (SSSR count). The Balaban J connectivity index is 1.35. The van der Waals surface area contributed by atoms with E-state index in [1.165, 1.54) is 11.1 Å². The molecule has 1 aromatic heterocycles. The Kier molecular flexibility index (Phi) is 5.79. The molecule has 1 aliphatic heterocycles. The molecule has 3 aromatic rings. The zero-order valence-electron chi connectivity index (χ0n) is 18.4. The molecule has 0 spiro atoms. The van der Waals surface area contributed by atoms with Crippen molar-refractivity contribution in [1.29, 1.82) is 0 Å². The molecule has 1 aliphatic carbocycles. The lowest BCUT2D eigenvalue weighted by Crippen LogP contribution is -2.58. The number of benzene rings is 2. The first-order valence-corrected chi connectivity index (χ1v) is 11.4. The minimum Gasteiger partial charge on any atom is -0.496 e. The van der Waals surface area contributed by atoms with Crippen LogP contribution in [0.5, 0.6) is 5.75 Å². The maximum absolute atomic E-state index is 6.68. The summed E-state index contributed by atoms with van der Waals surface area (Å²) in [6.07, 6.45) is 5.49. The number of hydrogen-bond donors (Lipinski definition) is 0. The van der Waals surface area contributed by atoms with E-state index >= 15 is 0 Å². The summed E-state index contributed by atoms with van der Waals surface area (Å²) in [7, 11) is 1.76. The van der Waals surface area contributed by atoms with Gasteiger partial charge in [-0.3, -0.25) is 9.58 Å². The first-order chi connectivity index (χ1) is 15.2. The highest BCUT2D eigenvalue weighted by Crippen LogP contribution is 2.35. The van der Waals surface area contributed by atoms with Crippen LogP contribution in [0.1, 0.15) is 24.5 Å². The summed E-state index contributed by atoms with van der Waals surface area (Å²) < 4.78 is 14.4. The average Bonchev–Trinajstić information content (AvgIpc) is 3.27. The van der Waals surface area contributed by atoms with Gasteiger partial charge in [0.05, 0.1) is 31.6 Å². The molecule has 2 aliphatic rings. The van der Waals surface area contributed by atoms with Crippen molar-refractivity contribution in [3.05, 3.63) is 71.9 Å². The molecule has 0 bridgehead atoms. The van der Waals surface area contributed by atoms with Crippen LogP contribution in [0.4, 0.5) is 0 Å². The summed E-state index contributed by atoms with van der Waals surface area (Å²) in [5.74, 6) is 0.989. The van der Waals surface area contributed by atoms with Gasteiger partial charge in [-0.2, -0.15) is 5.10 Å². The first kappa shape index (κ1) is 20.3. The summed E-state index contributed by atoms with van der Waals surface area (Å²) in [6, 6.07) is 19.3. The predicted octanol–water partition coefficient (Wildman–Crippen LogP) is 4.21. The lowest BCUT2D eigenvalue weighted by atomic mass is 9.83. The summed E-state index contributed by atoms with van der Waals surface area (Å²) >= 11 is 0. The van der Waals surface area contributed by atoms with Gasteiger partial charge in [0.2, 0.25) is 0 Å². The third kappa shape index (κ3) is 4.12. The maximum Gasteiger partial charge on any atom is 0.122 e. The topological polar surface area (TPSA) is 39.5 Å². The number of ether oxygens (including phenoxy) is 2. The number of methoxy groups -OCH3 is 1. The number of fused-ring (bicyclic) bond motifs is 2. The largest absolute Gasteiger partial charge is 0.496 e. The molecule has 2 heterocycles. The fraction of sp³-hybridized carbons (Fsp3) is 0.423. The van der Waals surface area contributed by atoms with Crippen LogP contribution in [-0.2, 0) is 24.1 Å². The molecule has 3 atom stereocenters. The Morgan fingerprint density at radius 2 is 1.94 bits per heavy atom. The molecule has 0 saturated carbocycles. The molecule has 0 radical (unpaired) electrons. The van der Waals surface area contributed by atoms with Crippen LogP contribution >= 0.6 is 0 Å². The standard InChI is InChI=1S/C26H31N3O2/c1-3-13-28-17-21(18-29-14-12-23(27-29)19-8-5-4-6-9-19)31-26-16-22-20(15-24(26)28)10-7-11-25(22)30-2/h4-12,14,21,24,26H,3,13,15-18H2,1-2H3/t21-,24+,26+/m0/s1. The van der Waals surface area contributed by atoms with Crippen LogP contribution in [0.25, 0.3) is 11.3 Å². The Labute approximate surface area is 184 Å². The van der Waals surface area contributed by atoms with E-state index in [0.29, 0.717) is 6.04 Å². The Morgan fingerprint density at radius 3 is 2.74 bits per heavy atom. The van der Waals surface area contributed by atoms with Crippen LogP contribution in [0.3, 0.4) is 0 Å². The summed E-state index contributed by atoms with van der Waals surface area (Å²) in [4.78, 5) is 2.64. The molecule has 1 fully saturated rings. The molecule has 0 unspecified atom stereocenters. The highest BCUT2D eigenvalue weighted by Gasteiger charge is 2.40. The van der Waals surface area contributed by atoms with Gasteiger partial charge in [0, 0.05) is 30.8 Å². The van der Waals surface area contributed by atoms with Gasteiger partial charge in [-0.1, -0.05) is 49.4 Å². The fourth-order valence-electron chi connectivity index (χ4n) is 5.19. The molecule has 0 amide bonds. The molecule has 5 heteroatoms. The van der Waals surface area contributed by atoms with Crippen molar-refractivity contribution in [2.24, 2.45) is 0 Å². The van der Waals surface area contributed by atoms with E-state index in [1.807, 2.05) is 10.7 Å². The lowest BCUT2D eigenvalue weighted by Gasteiger charge is -2.47. The van der Waals surface area contributed by atoms with Crippen LogP contribution in [0.2, 0.25) is 0 Å². The van der Waals surface area contributed by atoms with Gasteiger partial charge >= 0.3 is 0 Å². The van der Waals surface area contributed by atoms with E-state index in [2.05, 4.69) is 66.6 Å². The van der Waals surface area contributed by atoms with Crippen LogP contribution in [-0.4, -0.2) is 53.1 Å². The van der Waals surface area contributed by atoms with Gasteiger partial charge in [-0.25, -0.2) is 0 Å². The van der Waals surface area contributed by atoms with Crippen molar-refractivity contribution in [3.63, 3.8) is 0 Å². The summed E-state index contributed by atoms with van der Waals surface area (Å²) in [5, 5.41) is 4.81. The van der Waals surface area contributed by atoms with Gasteiger partial charge in [0.25, 0.3) is 0 Å². The highest BCUT2D eigenvalue weighted by molar-refractivity contribution is 5.58. The van der Waals surface area contributed by atoms with E-state index < -0.39 is 0 Å². The number of hydrogen-bond acceptors (Lipinski definition) is 4. The van der Waals surface area contributed by atoms with Gasteiger partial charge in [0.1, 0.15) is 5.75 Å². The van der Waals surface area contributed by atoms with E-state index in [1.54, 1.807) is 7.11 Å². The summed E-state index contributed by atoms with van der Waals surface area (Å²) in [6.45, 7) is 5.09. The zero-order chi connectivity index (χ0) is 21.2. The van der Waals surface area contributed by atoms with Gasteiger partial charge in [-0.05, 0) is 42.6 Å². The van der Waals surface area contributed by atoms with Crippen LogP contribution in [0, 0.1) is 0 Å². The fourth-order valence-corrected chi connectivity index (χ4v) is 5.19. The van der Waals surface area contributed by atoms with Crippen molar-refractivity contribution < 1.29 is 9.47 Å². The van der Waals surface area contributed by atoms with E-state index in [4.69, 9.17) is 14.6 Å². The second kappa shape index (κ2) is 8.85. The van der Waals surface area contributed by atoms with Gasteiger partial charge in [-0.15, -0.1) is 0 Å². The number of morpholine rings is 1. The molecule has 0 N–H and O–H groups in total. The van der Waals surface area contributed by atoms with Crippen molar-refractivity contribution in [1.82, 2.24) is 14.7 Å². The SMILES string of the molecule is CCCN1C[C@@H](Cn2ccc(-c3ccccc3)n2)O[C@@H]2Cc3c(cccc3OC)C[C@H]21. The average molecular weight is 418 g/mol. The molecular formula is C26H31N3O2. The third-order valence-electron chi connectivity index (χ3n) is 6.60. The monoisotopic (exact) mass is 417 g/mol. The third-order valence-corrected chi connectivity index (χ3v) is 6.60.